The molecule has 0 saturated carbocycles. The Bertz CT molecular complexity index is 264. The number of hydrogen-bond donors (Lipinski definition) is 1. The maximum Gasteiger partial charge on any atom is 0.0243 e. The Morgan fingerprint density at radius 3 is 2.42 bits per heavy atom. The van der Waals surface area contributed by atoms with Crippen LogP contribution in [0.1, 0.15) is 40.0 Å². The molecule has 112 valence electrons. The van der Waals surface area contributed by atoms with E-state index in [0.717, 1.165) is 5.92 Å². The van der Waals surface area contributed by atoms with Gasteiger partial charge < -0.3 is 15.1 Å². The predicted molar refractivity (Wildman–Crippen MR) is 82.5 cm³/mol. The lowest BCUT2D eigenvalue weighted by Crippen LogP contribution is -2.47. The Balaban J connectivity index is 1.85. The minimum atomic E-state index is 0.370. The van der Waals surface area contributed by atoms with Crippen LogP contribution >= 0.6 is 0 Å². The van der Waals surface area contributed by atoms with E-state index in [9.17, 15) is 0 Å². The minimum Gasteiger partial charge on any atom is -0.312 e. The molecule has 0 amide bonds. The molecule has 3 heteroatoms. The van der Waals surface area contributed by atoms with Gasteiger partial charge in [0.15, 0.2) is 0 Å². The molecule has 2 heterocycles. The predicted octanol–water partition coefficient (Wildman–Crippen LogP) is 2.04. The van der Waals surface area contributed by atoms with Crippen LogP contribution in [0.3, 0.4) is 0 Å². The summed E-state index contributed by atoms with van der Waals surface area (Å²) in [4.78, 5) is 5.20. The Labute approximate surface area is 119 Å². The summed E-state index contributed by atoms with van der Waals surface area (Å²) in [6.07, 6.45) is 4.08. The second-order valence-corrected chi connectivity index (χ2v) is 7.73. The van der Waals surface area contributed by atoms with Crippen molar-refractivity contribution in [2.75, 3.05) is 46.3 Å². The van der Waals surface area contributed by atoms with E-state index >= 15 is 0 Å². The van der Waals surface area contributed by atoms with E-state index in [1.807, 2.05) is 0 Å². The van der Waals surface area contributed by atoms with Gasteiger partial charge >= 0.3 is 0 Å². The molecule has 0 bridgehead atoms. The van der Waals surface area contributed by atoms with Gasteiger partial charge in [-0.2, -0.15) is 0 Å². The normalized spacial score (nSPS) is 29.4. The van der Waals surface area contributed by atoms with Gasteiger partial charge in [-0.15, -0.1) is 0 Å². The smallest absolute Gasteiger partial charge is 0.0243 e. The van der Waals surface area contributed by atoms with Crippen LogP contribution in [0.2, 0.25) is 0 Å². The molecule has 0 aromatic rings. The van der Waals surface area contributed by atoms with Crippen LogP contribution in [0.5, 0.6) is 0 Å². The summed E-state index contributed by atoms with van der Waals surface area (Å²) < 4.78 is 0. The van der Waals surface area contributed by atoms with Crippen molar-refractivity contribution in [1.29, 1.82) is 0 Å². The van der Waals surface area contributed by atoms with E-state index in [-0.39, 0.29) is 0 Å². The van der Waals surface area contributed by atoms with Gasteiger partial charge in [0.05, 0.1) is 0 Å². The molecule has 0 spiro atoms. The summed E-state index contributed by atoms with van der Waals surface area (Å²) in [6.45, 7) is 14.7. The third-order valence-corrected chi connectivity index (χ3v) is 4.88. The van der Waals surface area contributed by atoms with Crippen molar-refractivity contribution < 1.29 is 0 Å². The van der Waals surface area contributed by atoms with E-state index in [4.69, 9.17) is 0 Å². The Morgan fingerprint density at radius 2 is 1.79 bits per heavy atom. The molecule has 2 aliphatic rings. The zero-order valence-electron chi connectivity index (χ0n) is 13.4. The van der Waals surface area contributed by atoms with Crippen LogP contribution in [0, 0.1) is 11.3 Å². The maximum absolute atomic E-state index is 3.75. The Hall–Kier alpha value is -0.120. The largest absolute Gasteiger partial charge is 0.312 e. The molecule has 0 aromatic heterocycles. The van der Waals surface area contributed by atoms with E-state index in [1.54, 1.807) is 0 Å². The zero-order valence-corrected chi connectivity index (χ0v) is 13.4. The SMILES string of the molecule is CN1CCC(CN2CCCNC(C(C)(C)C)C2)CC1. The molecule has 2 aliphatic heterocycles. The van der Waals surface area contributed by atoms with Gasteiger partial charge in [0.2, 0.25) is 0 Å². The van der Waals surface area contributed by atoms with Crippen LogP contribution in [-0.4, -0.2) is 62.2 Å². The van der Waals surface area contributed by atoms with E-state index in [0.29, 0.717) is 11.5 Å². The molecule has 2 fully saturated rings. The summed E-state index contributed by atoms with van der Waals surface area (Å²) in [5, 5.41) is 3.75. The number of hydrogen-bond acceptors (Lipinski definition) is 3. The van der Waals surface area contributed by atoms with Gasteiger partial charge in [-0.05, 0) is 63.8 Å². The van der Waals surface area contributed by atoms with Gasteiger partial charge in [-0.1, -0.05) is 20.8 Å². The standard InChI is InChI=1S/C16H33N3/c1-16(2,3)15-13-19(9-5-8-17-15)12-14-6-10-18(4)11-7-14/h14-15,17H,5-13H2,1-4H3. The molecule has 19 heavy (non-hydrogen) atoms. The first kappa shape index (κ1) is 15.3. The van der Waals surface area contributed by atoms with Crippen LogP contribution in [0.15, 0.2) is 0 Å². The topological polar surface area (TPSA) is 18.5 Å². The molecular weight excluding hydrogens is 234 g/mol. The zero-order chi connectivity index (χ0) is 13.9. The summed E-state index contributed by atoms with van der Waals surface area (Å²) in [7, 11) is 2.25. The quantitative estimate of drug-likeness (QED) is 0.826. The first-order chi connectivity index (χ1) is 8.95. The third-order valence-electron chi connectivity index (χ3n) is 4.88. The fourth-order valence-electron chi connectivity index (χ4n) is 3.35. The average molecular weight is 267 g/mol. The highest BCUT2D eigenvalue weighted by atomic mass is 15.2. The second kappa shape index (κ2) is 6.55. The van der Waals surface area contributed by atoms with Crippen molar-refractivity contribution in [3.8, 4) is 0 Å². The Morgan fingerprint density at radius 1 is 1.11 bits per heavy atom. The lowest BCUT2D eigenvalue weighted by molar-refractivity contribution is 0.141. The van der Waals surface area contributed by atoms with Crippen molar-refractivity contribution in [2.45, 2.75) is 46.1 Å². The summed E-state index contributed by atoms with van der Waals surface area (Å²) in [5.74, 6) is 0.926. The van der Waals surface area contributed by atoms with Crippen molar-refractivity contribution in [3.63, 3.8) is 0 Å². The lowest BCUT2D eigenvalue weighted by atomic mass is 9.86. The molecule has 1 unspecified atom stereocenters. The minimum absolute atomic E-state index is 0.370. The van der Waals surface area contributed by atoms with Gasteiger partial charge in [-0.3, -0.25) is 0 Å². The van der Waals surface area contributed by atoms with Gasteiger partial charge in [0, 0.05) is 19.1 Å². The average Bonchev–Trinajstić information content (AvgIpc) is 2.57. The highest BCUT2D eigenvalue weighted by Gasteiger charge is 2.29. The molecule has 0 aromatic carbocycles. The van der Waals surface area contributed by atoms with Gasteiger partial charge in [0.25, 0.3) is 0 Å². The maximum atomic E-state index is 3.75. The first-order valence-corrected chi connectivity index (χ1v) is 8.09. The monoisotopic (exact) mass is 267 g/mol. The number of nitrogens with zero attached hydrogens (tertiary/aromatic N) is 2. The summed E-state index contributed by atoms with van der Waals surface area (Å²) in [6, 6.07) is 0.640. The van der Waals surface area contributed by atoms with Crippen LogP contribution in [-0.2, 0) is 0 Å². The molecule has 2 rings (SSSR count). The molecular formula is C16H33N3. The highest BCUT2D eigenvalue weighted by Crippen LogP contribution is 2.23. The molecule has 2 saturated heterocycles. The lowest BCUT2D eigenvalue weighted by Gasteiger charge is -2.36. The number of nitrogens with one attached hydrogen (secondary N) is 1. The second-order valence-electron chi connectivity index (χ2n) is 7.73. The number of piperidine rings is 1. The van der Waals surface area contributed by atoms with E-state index < -0.39 is 0 Å². The highest BCUT2D eigenvalue weighted by molar-refractivity contribution is 4.87. The molecule has 1 N–H and O–H groups in total. The molecule has 0 aliphatic carbocycles. The van der Waals surface area contributed by atoms with Crippen LogP contribution in [0.4, 0.5) is 0 Å². The van der Waals surface area contributed by atoms with Crippen LogP contribution in [0.25, 0.3) is 0 Å². The van der Waals surface area contributed by atoms with E-state index in [2.05, 4.69) is 42.9 Å². The molecule has 0 radical (unpaired) electrons. The summed E-state index contributed by atoms with van der Waals surface area (Å²) in [5.41, 5.74) is 0.370. The van der Waals surface area contributed by atoms with Crippen molar-refractivity contribution in [1.82, 2.24) is 15.1 Å². The molecule has 1 atom stereocenters. The van der Waals surface area contributed by atoms with Crippen molar-refractivity contribution in [3.05, 3.63) is 0 Å². The first-order valence-electron chi connectivity index (χ1n) is 8.09. The fraction of sp³-hybridized carbons (Fsp3) is 1.00. The van der Waals surface area contributed by atoms with Crippen molar-refractivity contribution >= 4 is 0 Å². The number of rotatable bonds is 2. The third kappa shape index (κ3) is 4.73. The van der Waals surface area contributed by atoms with Gasteiger partial charge in [0.1, 0.15) is 0 Å². The van der Waals surface area contributed by atoms with Crippen LogP contribution < -0.4 is 5.32 Å². The van der Waals surface area contributed by atoms with E-state index in [1.165, 1.54) is 58.5 Å². The summed E-state index contributed by atoms with van der Waals surface area (Å²) >= 11 is 0. The Kier molecular flexibility index (Phi) is 5.27. The van der Waals surface area contributed by atoms with Crippen molar-refractivity contribution in [2.24, 2.45) is 11.3 Å². The molecule has 3 nitrogen and oxygen atoms in total. The number of likely N-dealkylation sites (tertiary alicyclic amines) is 1. The fourth-order valence-corrected chi connectivity index (χ4v) is 3.35. The van der Waals surface area contributed by atoms with Gasteiger partial charge in [-0.25, -0.2) is 0 Å².